The molecule has 1 aromatic rings. The molecule has 0 N–H and O–H groups in total. The third-order valence-corrected chi connectivity index (χ3v) is 4.45. The molecule has 68 valence electrons. The van der Waals surface area contributed by atoms with E-state index in [-0.39, 0.29) is 0 Å². The minimum absolute atomic E-state index is 1.11. The summed E-state index contributed by atoms with van der Waals surface area (Å²) in [4.78, 5) is 6.96. The molecular weight excluding hydrogens is 331 g/mol. The van der Waals surface area contributed by atoms with Crippen molar-refractivity contribution >= 4 is 34.3 Å². The normalized spacial score (nSPS) is 10.5. The van der Waals surface area contributed by atoms with Crippen LogP contribution in [0.5, 0.6) is 0 Å². The number of benzene rings is 1. The molecule has 0 unspecified atom stereocenters. The average molecular weight is 344 g/mol. The van der Waals surface area contributed by atoms with Crippen molar-refractivity contribution in [2.24, 2.45) is 0 Å². The van der Waals surface area contributed by atoms with Gasteiger partial charge in [-0.25, -0.2) is 0 Å². The van der Waals surface area contributed by atoms with Gasteiger partial charge >= 0.3 is 93.3 Å². The second-order valence-electron chi connectivity index (χ2n) is 4.01. The van der Waals surface area contributed by atoms with Crippen molar-refractivity contribution in [3.63, 3.8) is 0 Å². The van der Waals surface area contributed by atoms with Crippen LogP contribution < -0.4 is 0 Å². The van der Waals surface area contributed by atoms with Crippen LogP contribution in [0.3, 0.4) is 0 Å². The van der Waals surface area contributed by atoms with Crippen LogP contribution >= 0.6 is 15.9 Å². The molecule has 0 aliphatic carbocycles. The SMILES string of the molecule is [CH3][Sn]([CH3])([CH3])[C]#Cc1ccc(Br)cc1. The fourth-order valence-corrected chi connectivity index (χ4v) is 2.54. The Hall–Kier alpha value is 0.0587. The molecule has 0 saturated carbocycles. The van der Waals surface area contributed by atoms with Crippen molar-refractivity contribution in [3.8, 4) is 9.86 Å². The molecular formula is C11H13BrSn. The van der Waals surface area contributed by atoms with Crippen LogP contribution in [0.15, 0.2) is 28.7 Å². The molecule has 0 saturated heterocycles. The van der Waals surface area contributed by atoms with Gasteiger partial charge in [0, 0.05) is 0 Å². The average Bonchev–Trinajstić information content (AvgIpc) is 2.02. The van der Waals surface area contributed by atoms with Gasteiger partial charge in [0.25, 0.3) is 0 Å². The van der Waals surface area contributed by atoms with Crippen molar-refractivity contribution < 1.29 is 0 Å². The van der Waals surface area contributed by atoms with Gasteiger partial charge in [-0.05, 0) is 0 Å². The van der Waals surface area contributed by atoms with Gasteiger partial charge in [0.15, 0.2) is 0 Å². The Balaban J connectivity index is 2.85. The van der Waals surface area contributed by atoms with E-state index in [1.807, 2.05) is 12.1 Å². The van der Waals surface area contributed by atoms with Crippen molar-refractivity contribution in [1.82, 2.24) is 0 Å². The summed E-state index contributed by atoms with van der Waals surface area (Å²) in [6, 6.07) is 8.16. The molecule has 0 fully saturated rings. The summed E-state index contributed by atoms with van der Waals surface area (Å²) < 4.78 is 4.51. The standard InChI is InChI=1S/C8H4Br.3CH3.Sn/c1-2-7-3-5-8(9)6-4-7;;;;/h3-6H;3*1H3;. The number of hydrogen-bond donors (Lipinski definition) is 0. The van der Waals surface area contributed by atoms with Crippen molar-refractivity contribution in [2.45, 2.75) is 14.8 Å². The first-order chi connectivity index (χ1) is 5.97. The first-order valence-electron chi connectivity index (χ1n) is 4.26. The van der Waals surface area contributed by atoms with Crippen LogP contribution in [-0.2, 0) is 0 Å². The first-order valence-corrected chi connectivity index (χ1v) is 15.0. The van der Waals surface area contributed by atoms with Crippen LogP contribution in [0.25, 0.3) is 0 Å². The first kappa shape index (κ1) is 11.1. The molecule has 1 aromatic carbocycles. The summed E-state index contributed by atoms with van der Waals surface area (Å²) in [6.07, 6.45) is 0. The van der Waals surface area contributed by atoms with Gasteiger partial charge in [-0.2, -0.15) is 0 Å². The maximum atomic E-state index is 3.40. The minimum atomic E-state index is -1.89. The number of halogens is 1. The summed E-state index contributed by atoms with van der Waals surface area (Å²) in [6.45, 7) is 0. The Kier molecular flexibility index (Phi) is 3.87. The number of rotatable bonds is 0. The van der Waals surface area contributed by atoms with Crippen molar-refractivity contribution in [1.29, 1.82) is 0 Å². The van der Waals surface area contributed by atoms with Gasteiger partial charge in [0.1, 0.15) is 0 Å². The summed E-state index contributed by atoms with van der Waals surface area (Å²) in [5.74, 6) is 3.23. The Morgan fingerprint density at radius 3 is 2.08 bits per heavy atom. The van der Waals surface area contributed by atoms with Crippen LogP contribution in [-0.4, -0.2) is 18.4 Å². The predicted octanol–water partition coefficient (Wildman–Crippen LogP) is 3.68. The monoisotopic (exact) mass is 344 g/mol. The molecule has 0 atom stereocenters. The molecule has 0 amide bonds. The third kappa shape index (κ3) is 4.73. The quantitative estimate of drug-likeness (QED) is 0.498. The van der Waals surface area contributed by atoms with Gasteiger partial charge in [-0.15, -0.1) is 0 Å². The molecule has 0 aromatic heterocycles. The predicted molar refractivity (Wildman–Crippen MR) is 64.4 cm³/mol. The van der Waals surface area contributed by atoms with E-state index in [0.29, 0.717) is 0 Å². The summed E-state index contributed by atoms with van der Waals surface area (Å²) in [7, 11) is 0. The van der Waals surface area contributed by atoms with E-state index in [2.05, 4.69) is 52.7 Å². The van der Waals surface area contributed by atoms with Gasteiger partial charge in [0.2, 0.25) is 0 Å². The fraction of sp³-hybridized carbons (Fsp3) is 0.273. The maximum absolute atomic E-state index is 3.40. The number of hydrogen-bond acceptors (Lipinski definition) is 0. The zero-order valence-corrected chi connectivity index (χ0v) is 12.6. The van der Waals surface area contributed by atoms with Crippen LogP contribution in [0.2, 0.25) is 14.8 Å². The van der Waals surface area contributed by atoms with E-state index >= 15 is 0 Å². The molecule has 2 heteroatoms. The molecule has 0 spiro atoms. The molecule has 0 radical (unpaired) electrons. The van der Waals surface area contributed by atoms with E-state index in [9.17, 15) is 0 Å². The third-order valence-electron chi connectivity index (χ3n) is 1.43. The Morgan fingerprint density at radius 1 is 1.08 bits per heavy atom. The van der Waals surface area contributed by atoms with E-state index in [1.54, 1.807) is 0 Å². The van der Waals surface area contributed by atoms with E-state index in [4.69, 9.17) is 0 Å². The Morgan fingerprint density at radius 2 is 1.62 bits per heavy atom. The Labute approximate surface area is 92.7 Å². The van der Waals surface area contributed by atoms with Crippen LogP contribution in [0, 0.1) is 9.86 Å². The molecule has 13 heavy (non-hydrogen) atoms. The van der Waals surface area contributed by atoms with Gasteiger partial charge in [-0.1, -0.05) is 0 Å². The Bertz CT molecular complexity index is 335. The molecule has 0 nitrogen and oxygen atoms in total. The summed E-state index contributed by atoms with van der Waals surface area (Å²) in [5, 5.41) is 0. The van der Waals surface area contributed by atoms with Crippen molar-refractivity contribution in [3.05, 3.63) is 34.3 Å². The van der Waals surface area contributed by atoms with E-state index in [0.717, 1.165) is 10.0 Å². The zero-order chi connectivity index (χ0) is 9.90. The summed E-state index contributed by atoms with van der Waals surface area (Å²) in [5.41, 5.74) is 1.12. The second-order valence-corrected chi connectivity index (χ2v) is 18.5. The molecule has 1 rings (SSSR count). The van der Waals surface area contributed by atoms with E-state index in [1.165, 1.54) is 0 Å². The molecule has 0 heterocycles. The topological polar surface area (TPSA) is 0 Å². The van der Waals surface area contributed by atoms with Crippen molar-refractivity contribution in [2.75, 3.05) is 0 Å². The molecule has 0 aliphatic heterocycles. The van der Waals surface area contributed by atoms with Gasteiger partial charge in [-0.3, -0.25) is 0 Å². The zero-order valence-electron chi connectivity index (χ0n) is 8.19. The van der Waals surface area contributed by atoms with Gasteiger partial charge in [0.05, 0.1) is 0 Å². The molecule has 0 bridgehead atoms. The second kappa shape index (κ2) is 4.52. The van der Waals surface area contributed by atoms with Crippen LogP contribution in [0.1, 0.15) is 5.56 Å². The summed E-state index contributed by atoms with van der Waals surface area (Å²) >= 11 is 1.51. The molecule has 0 aliphatic rings. The fourth-order valence-electron chi connectivity index (χ4n) is 0.793. The van der Waals surface area contributed by atoms with Gasteiger partial charge < -0.3 is 0 Å². The van der Waals surface area contributed by atoms with E-state index < -0.39 is 18.4 Å². The van der Waals surface area contributed by atoms with Crippen LogP contribution in [0.4, 0.5) is 0 Å².